The molecule has 4 heteroatoms. The molecule has 0 aliphatic heterocycles. The van der Waals surface area contributed by atoms with E-state index < -0.39 is 11.0 Å². The number of hydrogen-bond donors (Lipinski definition) is 0. The van der Waals surface area contributed by atoms with Crippen molar-refractivity contribution in [2.45, 2.75) is 6.92 Å². The molecule has 0 aromatic heterocycles. The second kappa shape index (κ2) is 4.99. The molecule has 3 nitrogen and oxygen atoms in total. The fraction of sp³-hybridized carbons (Fsp3) is 0.333. The lowest BCUT2D eigenvalue weighted by Crippen LogP contribution is -2.00. The van der Waals surface area contributed by atoms with E-state index in [2.05, 4.69) is 4.36 Å². The van der Waals surface area contributed by atoms with Gasteiger partial charge in [-0.3, -0.25) is 0 Å². The van der Waals surface area contributed by atoms with E-state index in [0.717, 1.165) is 11.3 Å². The Balaban J connectivity index is 2.60. The summed E-state index contributed by atoms with van der Waals surface area (Å²) in [5.41, 5.74) is 1.05. The molecular weight excluding hydrogens is 186 g/mol. The molecule has 0 N–H and O–H groups in total. The lowest BCUT2D eigenvalue weighted by molar-refractivity contribution is -0.0819. The van der Waals surface area contributed by atoms with E-state index in [4.69, 9.17) is 9.22 Å². The Labute approximate surface area is 80.9 Å². The van der Waals surface area contributed by atoms with Gasteiger partial charge in [0.2, 0.25) is 0 Å². The summed E-state index contributed by atoms with van der Waals surface area (Å²) in [5.74, 6) is 0.741. The summed E-state index contributed by atoms with van der Waals surface area (Å²) in [6.45, 7) is 1.97. The molecule has 0 aliphatic rings. The van der Waals surface area contributed by atoms with E-state index in [1.54, 1.807) is 7.05 Å². The zero-order valence-corrected chi connectivity index (χ0v) is 8.80. The molecule has 0 radical (unpaired) electrons. The van der Waals surface area contributed by atoms with Crippen molar-refractivity contribution in [3.05, 3.63) is 29.8 Å². The summed E-state index contributed by atoms with van der Waals surface area (Å²) in [6.07, 6.45) is 1.85. The van der Waals surface area contributed by atoms with Crippen molar-refractivity contribution in [2.75, 3.05) is 13.3 Å². The Morgan fingerprint density at radius 1 is 1.31 bits per heavy atom. The monoisotopic (exact) mass is 199 g/mol. The zero-order valence-electron chi connectivity index (χ0n) is 7.98. The number of benzene rings is 1. The lowest BCUT2D eigenvalue weighted by Gasteiger charge is -2.05. The van der Waals surface area contributed by atoms with Crippen LogP contribution in [0, 0.1) is 6.92 Å². The summed E-state index contributed by atoms with van der Waals surface area (Å²) in [5, 5.41) is 0. The van der Waals surface area contributed by atoms with Crippen LogP contribution in [0.5, 0.6) is 5.75 Å². The van der Waals surface area contributed by atoms with Crippen LogP contribution in [-0.4, -0.2) is 13.3 Å². The molecule has 1 unspecified atom stereocenters. The number of nitrogens with zero attached hydrogens (tertiary/aromatic N) is 1. The number of aryl methyl sites for hydroxylation is 1. The standard InChI is InChI=1S/C9H13NO2S/c1-8-6-4-5-7-9(8)11-12-13(3)10-2/h4-7H,1-3H3. The molecular formula is C9H13NO2S. The van der Waals surface area contributed by atoms with Crippen LogP contribution in [0.1, 0.15) is 5.56 Å². The molecule has 13 heavy (non-hydrogen) atoms. The van der Waals surface area contributed by atoms with Crippen LogP contribution in [0.25, 0.3) is 0 Å². The highest BCUT2D eigenvalue weighted by atomic mass is 32.2. The van der Waals surface area contributed by atoms with Gasteiger partial charge in [0.05, 0.1) is 11.0 Å². The number of para-hydroxylation sites is 1. The molecule has 0 amide bonds. The van der Waals surface area contributed by atoms with Gasteiger partial charge in [0.1, 0.15) is 0 Å². The summed E-state index contributed by atoms with van der Waals surface area (Å²) < 4.78 is 8.93. The average Bonchev–Trinajstić information content (AvgIpc) is 2.16. The maximum Gasteiger partial charge on any atom is 0.169 e. The summed E-state index contributed by atoms with van der Waals surface area (Å²) in [7, 11) is 1.22. The minimum atomic E-state index is -0.483. The molecule has 0 heterocycles. The van der Waals surface area contributed by atoms with Crippen LogP contribution in [0.3, 0.4) is 0 Å². The fourth-order valence-corrected chi connectivity index (χ4v) is 0.999. The molecule has 1 aromatic rings. The normalized spacial score (nSPS) is 12.8. The van der Waals surface area contributed by atoms with Gasteiger partial charge in [-0.05, 0) is 18.6 Å². The van der Waals surface area contributed by atoms with Crippen molar-refractivity contribution >= 4 is 11.0 Å². The van der Waals surface area contributed by atoms with Gasteiger partial charge in [0, 0.05) is 13.3 Å². The third-order valence-corrected chi connectivity index (χ3v) is 2.35. The minimum Gasteiger partial charge on any atom is -0.324 e. The average molecular weight is 199 g/mol. The Kier molecular flexibility index (Phi) is 3.92. The second-order valence-corrected chi connectivity index (χ2v) is 3.87. The second-order valence-electron chi connectivity index (χ2n) is 2.52. The first-order valence-electron chi connectivity index (χ1n) is 3.90. The minimum absolute atomic E-state index is 0.483. The van der Waals surface area contributed by atoms with E-state index >= 15 is 0 Å². The van der Waals surface area contributed by atoms with Crippen molar-refractivity contribution in [1.82, 2.24) is 0 Å². The van der Waals surface area contributed by atoms with E-state index in [1.165, 1.54) is 0 Å². The van der Waals surface area contributed by atoms with Crippen molar-refractivity contribution in [2.24, 2.45) is 4.36 Å². The van der Waals surface area contributed by atoms with Crippen LogP contribution in [0.2, 0.25) is 0 Å². The smallest absolute Gasteiger partial charge is 0.169 e. The highest BCUT2D eigenvalue weighted by Crippen LogP contribution is 2.16. The first kappa shape index (κ1) is 10.2. The van der Waals surface area contributed by atoms with Gasteiger partial charge in [0.25, 0.3) is 0 Å². The van der Waals surface area contributed by atoms with Crippen LogP contribution in [-0.2, 0) is 15.3 Å². The van der Waals surface area contributed by atoms with Gasteiger partial charge >= 0.3 is 0 Å². The predicted octanol–water partition coefficient (Wildman–Crippen LogP) is 2.28. The Morgan fingerprint density at radius 2 is 2.00 bits per heavy atom. The molecule has 0 aliphatic carbocycles. The van der Waals surface area contributed by atoms with Crippen molar-refractivity contribution in [1.29, 1.82) is 0 Å². The third-order valence-electron chi connectivity index (χ3n) is 1.57. The maximum absolute atomic E-state index is 5.11. The summed E-state index contributed by atoms with van der Waals surface area (Å²) in [6, 6.07) is 7.69. The Morgan fingerprint density at radius 3 is 2.62 bits per heavy atom. The highest BCUT2D eigenvalue weighted by molar-refractivity contribution is 7.81. The summed E-state index contributed by atoms with van der Waals surface area (Å²) in [4.78, 5) is 5.11. The van der Waals surface area contributed by atoms with Gasteiger partial charge < -0.3 is 4.89 Å². The van der Waals surface area contributed by atoms with Crippen LogP contribution in [0.15, 0.2) is 28.6 Å². The largest absolute Gasteiger partial charge is 0.324 e. The first-order chi connectivity index (χ1) is 6.24. The zero-order chi connectivity index (χ0) is 9.68. The maximum atomic E-state index is 5.11. The quantitative estimate of drug-likeness (QED) is 0.552. The fourth-order valence-electron chi connectivity index (χ4n) is 0.766. The SMILES string of the molecule is CN=S(C)OOc1ccccc1C. The number of hydrogen-bond acceptors (Lipinski definition) is 3. The van der Waals surface area contributed by atoms with E-state index in [9.17, 15) is 0 Å². The van der Waals surface area contributed by atoms with Crippen LogP contribution >= 0.6 is 0 Å². The Bertz CT molecular complexity index is 312. The van der Waals surface area contributed by atoms with Crippen molar-refractivity contribution < 1.29 is 9.22 Å². The predicted molar refractivity (Wildman–Crippen MR) is 54.5 cm³/mol. The molecule has 1 rings (SSSR count). The first-order valence-corrected chi connectivity index (χ1v) is 5.42. The van der Waals surface area contributed by atoms with Gasteiger partial charge in [-0.1, -0.05) is 18.2 Å². The molecule has 1 atom stereocenters. The van der Waals surface area contributed by atoms with Crippen molar-refractivity contribution in [3.8, 4) is 5.75 Å². The molecule has 0 bridgehead atoms. The molecule has 72 valence electrons. The molecule has 1 aromatic carbocycles. The van der Waals surface area contributed by atoms with Crippen LogP contribution in [0.4, 0.5) is 0 Å². The van der Waals surface area contributed by atoms with Crippen LogP contribution < -0.4 is 4.89 Å². The number of rotatable bonds is 3. The van der Waals surface area contributed by atoms with Gasteiger partial charge in [-0.2, -0.15) is 0 Å². The molecule has 0 spiro atoms. The van der Waals surface area contributed by atoms with E-state index in [1.807, 2.05) is 37.4 Å². The van der Waals surface area contributed by atoms with E-state index in [-0.39, 0.29) is 0 Å². The Hall–Kier alpha value is -0.870. The van der Waals surface area contributed by atoms with Gasteiger partial charge in [-0.25, -0.2) is 4.36 Å². The lowest BCUT2D eigenvalue weighted by atomic mass is 10.2. The van der Waals surface area contributed by atoms with Gasteiger partial charge in [-0.15, -0.1) is 4.33 Å². The van der Waals surface area contributed by atoms with Crippen molar-refractivity contribution in [3.63, 3.8) is 0 Å². The van der Waals surface area contributed by atoms with E-state index in [0.29, 0.717) is 0 Å². The topological polar surface area (TPSA) is 30.8 Å². The highest BCUT2D eigenvalue weighted by Gasteiger charge is 1.98. The molecule has 0 saturated carbocycles. The molecule has 0 saturated heterocycles. The van der Waals surface area contributed by atoms with Gasteiger partial charge in [0.15, 0.2) is 5.75 Å². The summed E-state index contributed by atoms with van der Waals surface area (Å²) >= 11 is 0. The third kappa shape index (κ3) is 3.16. The molecule has 0 fully saturated rings.